The van der Waals surface area contributed by atoms with Gasteiger partial charge in [-0.15, -0.1) is 0 Å². The molecule has 0 aromatic rings. The molecule has 27 nitrogen and oxygen atoms in total. The maximum absolute atomic E-state index is 11.8. The number of Topliss-reactive ketones (excluding diaryl/α,β-unsaturated/α-hetero) is 2. The highest BCUT2D eigenvalue weighted by Crippen LogP contribution is 2.16. The lowest BCUT2D eigenvalue weighted by molar-refractivity contribution is -0.127. The van der Waals surface area contributed by atoms with Gasteiger partial charge >= 0.3 is 0 Å². The Bertz CT molecular complexity index is 1360. The summed E-state index contributed by atoms with van der Waals surface area (Å²) in [6.45, 7) is 33.5. The summed E-state index contributed by atoms with van der Waals surface area (Å²) in [6.07, 6.45) is 0.869. The van der Waals surface area contributed by atoms with Crippen molar-refractivity contribution in [3.63, 3.8) is 0 Å². The highest BCUT2D eigenvalue weighted by Gasteiger charge is 2.20. The van der Waals surface area contributed by atoms with E-state index in [0.29, 0.717) is 343 Å². The van der Waals surface area contributed by atoms with E-state index in [2.05, 4.69) is 0 Å². The molecule has 88 heavy (non-hydrogen) atoms. The number of carbonyl (C=O) groups excluding carboxylic acids is 2. The smallest absolute Gasteiger partial charge is 0.140 e. The van der Waals surface area contributed by atoms with Crippen molar-refractivity contribution in [1.29, 1.82) is 0 Å². The summed E-state index contributed by atoms with van der Waals surface area (Å²) in [6, 6.07) is 0. The highest BCUT2D eigenvalue weighted by atomic mass is 16.6. The fraction of sp³-hybridized carbons (Fsp3) is 0.967. The van der Waals surface area contributed by atoms with Gasteiger partial charge in [0.25, 0.3) is 0 Å². The van der Waals surface area contributed by atoms with Crippen molar-refractivity contribution in [3.8, 4) is 0 Å². The molecular weight excluding hydrogens is 1160 g/mol. The second-order valence-electron chi connectivity index (χ2n) is 20.1. The summed E-state index contributed by atoms with van der Waals surface area (Å²) in [5.41, 5.74) is -0.325. The first-order valence-electron chi connectivity index (χ1n) is 31.7. The monoisotopic (exact) mass is 1280 g/mol. The molecule has 0 saturated carbocycles. The van der Waals surface area contributed by atoms with Crippen LogP contribution >= 0.6 is 0 Å². The Balaban J connectivity index is 3.11. The molecule has 0 N–H and O–H groups in total. The summed E-state index contributed by atoms with van der Waals surface area (Å²) in [7, 11) is 0. The Kier molecular flexibility index (Phi) is 73.0. The van der Waals surface area contributed by atoms with Gasteiger partial charge in [0.15, 0.2) is 0 Å². The van der Waals surface area contributed by atoms with E-state index in [9.17, 15) is 9.59 Å². The summed E-state index contributed by atoms with van der Waals surface area (Å²) in [5.74, 6) is 0.458. The van der Waals surface area contributed by atoms with Gasteiger partial charge in [0.05, 0.1) is 330 Å². The second kappa shape index (κ2) is 74.4. The van der Waals surface area contributed by atoms with Crippen LogP contribution in [0.15, 0.2) is 0 Å². The first kappa shape index (κ1) is 86.3. The Morgan fingerprint density at radius 3 is 0.398 bits per heavy atom. The van der Waals surface area contributed by atoms with Crippen molar-refractivity contribution in [2.75, 3.05) is 330 Å². The highest BCUT2D eigenvalue weighted by molar-refractivity contribution is 5.83. The molecule has 0 atom stereocenters. The third-order valence-corrected chi connectivity index (χ3v) is 11.4. The van der Waals surface area contributed by atoms with E-state index < -0.39 is 0 Å². The van der Waals surface area contributed by atoms with E-state index in [1.165, 1.54) is 0 Å². The molecule has 0 aliphatic carbocycles. The van der Waals surface area contributed by atoms with Crippen LogP contribution < -0.4 is 0 Å². The minimum absolute atomic E-state index is 0.0497. The van der Waals surface area contributed by atoms with Crippen LogP contribution in [0, 0.1) is 11.3 Å². The van der Waals surface area contributed by atoms with Crippen molar-refractivity contribution in [3.05, 3.63) is 0 Å². The van der Waals surface area contributed by atoms with Crippen LogP contribution in [0.5, 0.6) is 0 Å². The molecule has 27 heteroatoms. The van der Waals surface area contributed by atoms with Gasteiger partial charge in [-0.05, 0) is 0 Å². The maximum atomic E-state index is 11.8. The predicted octanol–water partition coefficient (Wildman–Crippen LogP) is 3.02. The number of ketones is 2. The van der Waals surface area contributed by atoms with Gasteiger partial charge < -0.3 is 118 Å². The second-order valence-corrected chi connectivity index (χ2v) is 20.1. The van der Waals surface area contributed by atoms with Crippen LogP contribution in [-0.4, -0.2) is 342 Å². The third kappa shape index (κ3) is 75.1. The van der Waals surface area contributed by atoms with E-state index in [0.717, 1.165) is 0 Å². The zero-order chi connectivity index (χ0) is 63.7. The minimum Gasteiger partial charge on any atom is -0.379 e. The topological polar surface area (TPSA) is 265 Å². The van der Waals surface area contributed by atoms with Crippen LogP contribution in [0.1, 0.15) is 47.5 Å². The molecule has 0 unspecified atom stereocenters. The summed E-state index contributed by atoms with van der Waals surface area (Å²) in [5, 5.41) is 0. The first-order chi connectivity index (χ1) is 43.2. The number of hydrogen-bond donors (Lipinski definition) is 0. The molecule has 0 heterocycles. The molecule has 0 aliphatic rings. The molecule has 0 bridgehead atoms. The zero-order valence-corrected chi connectivity index (χ0v) is 54.9. The van der Waals surface area contributed by atoms with Crippen molar-refractivity contribution in [1.82, 2.24) is 0 Å². The Morgan fingerprint density at radius 1 is 0.193 bits per heavy atom. The SMILES string of the molecule is CC(C)C(=O)CCOCCOCCOCCOCCOCCOCCOCCOCCOCCOCCOCCOCCOCCOCCOCCOCCOCCOCCOCCOCCOCCOCCOCCOCCOCCC(=O)C(C)(C)C. The molecule has 0 saturated heterocycles. The average molecular weight is 1290 g/mol. The van der Waals surface area contributed by atoms with Gasteiger partial charge in [-0.2, -0.15) is 0 Å². The number of rotatable bonds is 79. The van der Waals surface area contributed by atoms with Crippen LogP contribution in [0.3, 0.4) is 0 Å². The normalized spacial score (nSPS) is 12.0. The fourth-order valence-electron chi connectivity index (χ4n) is 6.38. The molecule has 0 spiro atoms. The van der Waals surface area contributed by atoms with E-state index in [1.54, 1.807) is 0 Å². The van der Waals surface area contributed by atoms with Crippen molar-refractivity contribution >= 4 is 11.6 Å². The van der Waals surface area contributed by atoms with Gasteiger partial charge in [0, 0.05) is 24.2 Å². The number of hydrogen-bond acceptors (Lipinski definition) is 27. The van der Waals surface area contributed by atoms with E-state index >= 15 is 0 Å². The van der Waals surface area contributed by atoms with E-state index in [-0.39, 0.29) is 22.9 Å². The van der Waals surface area contributed by atoms with Gasteiger partial charge in [-0.1, -0.05) is 34.6 Å². The molecule has 0 fully saturated rings. The van der Waals surface area contributed by atoms with Crippen LogP contribution in [0.2, 0.25) is 0 Å². The molecule has 0 aromatic carbocycles. The van der Waals surface area contributed by atoms with Crippen molar-refractivity contribution in [2.45, 2.75) is 47.5 Å². The lowest BCUT2D eigenvalue weighted by Crippen LogP contribution is -2.22. The third-order valence-electron chi connectivity index (χ3n) is 11.4. The van der Waals surface area contributed by atoms with Gasteiger partial charge in [-0.25, -0.2) is 0 Å². The largest absolute Gasteiger partial charge is 0.379 e. The molecule has 0 aliphatic heterocycles. The summed E-state index contributed by atoms with van der Waals surface area (Å²) >= 11 is 0. The standard InChI is InChI=1S/C61H120O27/c1-58(2)59(62)6-8-64-10-12-66-14-16-68-18-20-70-22-24-72-26-28-74-30-32-76-34-36-78-38-40-80-42-44-82-46-48-84-50-52-86-54-56-88-57-55-87-53-51-85-49-47-83-45-43-81-41-39-79-37-35-77-33-31-75-29-27-73-25-23-71-21-19-69-17-15-67-13-11-65-9-7-60(63)61(3,4)5/h58H,6-57H2,1-5H3. The molecular formula is C61H120O27. The average Bonchev–Trinajstić information content (AvgIpc) is 3.53. The Morgan fingerprint density at radius 2 is 0.295 bits per heavy atom. The summed E-state index contributed by atoms with van der Waals surface area (Å²) in [4.78, 5) is 23.4. The molecule has 0 rings (SSSR count). The molecule has 0 amide bonds. The van der Waals surface area contributed by atoms with Crippen molar-refractivity contribution in [2.24, 2.45) is 11.3 Å². The van der Waals surface area contributed by atoms with Crippen LogP contribution in [0.25, 0.3) is 0 Å². The molecule has 0 aromatic heterocycles. The summed E-state index contributed by atoms with van der Waals surface area (Å²) < 4.78 is 138. The first-order valence-corrected chi connectivity index (χ1v) is 31.7. The predicted molar refractivity (Wildman–Crippen MR) is 324 cm³/mol. The minimum atomic E-state index is -0.325. The van der Waals surface area contributed by atoms with Crippen LogP contribution in [0.4, 0.5) is 0 Å². The van der Waals surface area contributed by atoms with Gasteiger partial charge in [-0.3, -0.25) is 9.59 Å². The molecule has 0 radical (unpaired) electrons. The van der Waals surface area contributed by atoms with Gasteiger partial charge in [0.1, 0.15) is 11.6 Å². The maximum Gasteiger partial charge on any atom is 0.140 e. The number of ether oxygens (including phenoxy) is 25. The van der Waals surface area contributed by atoms with E-state index in [4.69, 9.17) is 118 Å². The fourth-order valence-corrected chi connectivity index (χ4v) is 6.38. The van der Waals surface area contributed by atoms with Crippen molar-refractivity contribution < 1.29 is 128 Å². The van der Waals surface area contributed by atoms with Crippen LogP contribution in [-0.2, 0) is 128 Å². The Labute approximate surface area is 527 Å². The molecule has 526 valence electrons. The number of carbonyl (C=O) groups is 2. The lowest BCUT2D eigenvalue weighted by Gasteiger charge is -2.16. The van der Waals surface area contributed by atoms with E-state index in [1.807, 2.05) is 34.6 Å². The lowest BCUT2D eigenvalue weighted by atomic mass is 9.89. The zero-order valence-electron chi connectivity index (χ0n) is 54.9. The van der Waals surface area contributed by atoms with Gasteiger partial charge in [0.2, 0.25) is 0 Å². The Hall–Kier alpha value is -1.66. The quantitative estimate of drug-likeness (QED) is 0.0792.